The number of hydrogen-bond donors (Lipinski definition) is 4. The van der Waals surface area contributed by atoms with E-state index in [1.54, 1.807) is 0 Å². The molecule has 4 heteroatoms. The van der Waals surface area contributed by atoms with Gasteiger partial charge in [-0.25, -0.2) is 5.43 Å². The first kappa shape index (κ1) is 11.8. The number of rotatable bonds is 4. The smallest absolute Gasteiger partial charge is 0.0489 e. The average Bonchev–Trinajstić information content (AvgIpc) is 2.34. The zero-order valence-electron chi connectivity index (χ0n) is 9.35. The highest BCUT2D eigenvalue weighted by atomic mass is 32.1. The van der Waals surface area contributed by atoms with Crippen molar-refractivity contribution < 1.29 is 0 Å². The summed E-state index contributed by atoms with van der Waals surface area (Å²) in [6.45, 7) is 0.748. The van der Waals surface area contributed by atoms with Gasteiger partial charge in [-0.05, 0) is 42.0 Å². The number of nitrogen functional groups attached to an aromatic ring is 1. The van der Waals surface area contributed by atoms with Gasteiger partial charge in [0.25, 0.3) is 0 Å². The molecule has 0 aliphatic heterocycles. The molecule has 0 aromatic heterocycles. The van der Waals surface area contributed by atoms with E-state index in [4.69, 9.17) is 5.73 Å². The Bertz CT molecular complexity index is 420. The van der Waals surface area contributed by atoms with Crippen molar-refractivity contribution in [1.29, 1.82) is 0 Å². The van der Waals surface area contributed by atoms with Crippen LogP contribution in [0.1, 0.15) is 5.56 Å². The zero-order chi connectivity index (χ0) is 12.1. The van der Waals surface area contributed by atoms with Crippen LogP contribution in [-0.4, -0.2) is 0 Å². The Hall–Kier alpha value is -1.65. The number of benzene rings is 2. The highest BCUT2D eigenvalue weighted by Crippen LogP contribution is 2.10. The van der Waals surface area contributed by atoms with E-state index in [2.05, 4.69) is 23.5 Å². The van der Waals surface area contributed by atoms with Gasteiger partial charge < -0.3 is 11.2 Å². The van der Waals surface area contributed by atoms with Gasteiger partial charge in [-0.15, -0.1) is 12.6 Å². The molecule has 3 nitrogen and oxygen atoms in total. The normalized spacial score (nSPS) is 10.2. The van der Waals surface area contributed by atoms with E-state index in [1.165, 1.54) is 5.56 Å². The van der Waals surface area contributed by atoms with E-state index >= 15 is 0 Å². The van der Waals surface area contributed by atoms with Crippen LogP contribution in [0.4, 0.5) is 11.4 Å². The van der Waals surface area contributed by atoms with Crippen LogP contribution in [-0.2, 0) is 6.54 Å². The van der Waals surface area contributed by atoms with Gasteiger partial charge in [-0.3, -0.25) is 0 Å². The zero-order valence-corrected chi connectivity index (χ0v) is 10.2. The van der Waals surface area contributed by atoms with Crippen molar-refractivity contribution in [2.75, 3.05) is 11.2 Å². The summed E-state index contributed by atoms with van der Waals surface area (Å²) in [5, 5.41) is 0. The van der Waals surface area contributed by atoms with Crippen molar-refractivity contribution in [3.63, 3.8) is 0 Å². The van der Waals surface area contributed by atoms with Crippen LogP contribution in [0.3, 0.4) is 0 Å². The summed E-state index contributed by atoms with van der Waals surface area (Å²) in [7, 11) is 0. The van der Waals surface area contributed by atoms with Crippen molar-refractivity contribution in [3.05, 3.63) is 54.1 Å². The maximum atomic E-state index is 5.61. The molecule has 0 bridgehead atoms. The Kier molecular flexibility index (Phi) is 3.90. The van der Waals surface area contributed by atoms with Gasteiger partial charge in [0, 0.05) is 22.8 Å². The number of hydrazine groups is 1. The van der Waals surface area contributed by atoms with Crippen molar-refractivity contribution in [2.45, 2.75) is 11.4 Å². The molecule has 0 aliphatic rings. The molecule has 0 saturated carbocycles. The number of nitrogens with one attached hydrogen (secondary N) is 2. The molecule has 0 radical (unpaired) electrons. The summed E-state index contributed by atoms with van der Waals surface area (Å²) in [6.07, 6.45) is 0. The first-order valence-electron chi connectivity index (χ1n) is 5.36. The van der Waals surface area contributed by atoms with Gasteiger partial charge in [0.05, 0.1) is 0 Å². The van der Waals surface area contributed by atoms with Crippen LogP contribution in [0.2, 0.25) is 0 Å². The van der Waals surface area contributed by atoms with E-state index in [9.17, 15) is 0 Å². The van der Waals surface area contributed by atoms with Crippen LogP contribution in [0.25, 0.3) is 0 Å². The molecule has 0 heterocycles. The number of thiol groups is 1. The van der Waals surface area contributed by atoms with Crippen LogP contribution < -0.4 is 16.6 Å². The molecule has 0 aliphatic carbocycles. The van der Waals surface area contributed by atoms with Gasteiger partial charge in [-0.1, -0.05) is 12.1 Å². The van der Waals surface area contributed by atoms with Gasteiger partial charge in [0.2, 0.25) is 0 Å². The highest BCUT2D eigenvalue weighted by Gasteiger charge is 1.93. The Morgan fingerprint density at radius 3 is 2.24 bits per heavy atom. The topological polar surface area (TPSA) is 50.1 Å². The van der Waals surface area contributed by atoms with E-state index in [1.807, 2.05) is 48.5 Å². The lowest BCUT2D eigenvalue weighted by Gasteiger charge is -2.08. The fraction of sp³-hybridized carbons (Fsp3) is 0.0769. The van der Waals surface area contributed by atoms with Gasteiger partial charge in [-0.2, -0.15) is 0 Å². The largest absolute Gasteiger partial charge is 0.399 e. The summed E-state index contributed by atoms with van der Waals surface area (Å²) in [4.78, 5) is 0.972. The summed E-state index contributed by atoms with van der Waals surface area (Å²) < 4.78 is 0. The average molecular weight is 245 g/mol. The molecule has 17 heavy (non-hydrogen) atoms. The Morgan fingerprint density at radius 1 is 0.941 bits per heavy atom. The van der Waals surface area contributed by atoms with Crippen LogP contribution in [0.15, 0.2) is 53.4 Å². The third-order valence-electron chi connectivity index (χ3n) is 2.37. The molecule has 0 spiro atoms. The molecule has 4 N–H and O–H groups in total. The number of hydrogen-bond acceptors (Lipinski definition) is 4. The lowest BCUT2D eigenvalue weighted by molar-refractivity contribution is 0.800. The molecule has 2 rings (SSSR count). The molecule has 0 fully saturated rings. The first-order chi connectivity index (χ1) is 8.24. The van der Waals surface area contributed by atoms with E-state index in [-0.39, 0.29) is 0 Å². The fourth-order valence-electron chi connectivity index (χ4n) is 1.43. The molecule has 88 valence electrons. The van der Waals surface area contributed by atoms with Crippen molar-refractivity contribution >= 4 is 24.0 Å². The summed E-state index contributed by atoms with van der Waals surface area (Å²) >= 11 is 4.24. The molecule has 0 amide bonds. The monoisotopic (exact) mass is 245 g/mol. The summed E-state index contributed by atoms with van der Waals surface area (Å²) in [6, 6.07) is 15.6. The quantitative estimate of drug-likeness (QED) is 0.380. The second-order valence-electron chi connectivity index (χ2n) is 3.77. The van der Waals surface area contributed by atoms with E-state index in [0.717, 1.165) is 22.8 Å². The summed E-state index contributed by atoms with van der Waals surface area (Å²) in [5.41, 5.74) is 14.8. The molecule has 0 unspecified atom stereocenters. The van der Waals surface area contributed by atoms with Crippen molar-refractivity contribution in [2.24, 2.45) is 0 Å². The maximum absolute atomic E-state index is 5.61. The standard InChI is InChI=1S/C13H15N3S/c14-11-3-5-12(6-4-11)16-15-9-10-1-7-13(17)8-2-10/h1-8,15-17H,9,14H2. The fourth-order valence-corrected chi connectivity index (χ4v) is 1.58. The van der Waals surface area contributed by atoms with Crippen LogP contribution in [0.5, 0.6) is 0 Å². The third kappa shape index (κ3) is 3.69. The highest BCUT2D eigenvalue weighted by molar-refractivity contribution is 7.80. The van der Waals surface area contributed by atoms with Gasteiger partial charge >= 0.3 is 0 Å². The number of anilines is 2. The Balaban J connectivity index is 1.83. The van der Waals surface area contributed by atoms with Gasteiger partial charge in [0.15, 0.2) is 0 Å². The molecule has 0 saturated heterocycles. The third-order valence-corrected chi connectivity index (χ3v) is 2.67. The van der Waals surface area contributed by atoms with Crippen LogP contribution >= 0.6 is 12.6 Å². The SMILES string of the molecule is Nc1ccc(NNCc2ccc(S)cc2)cc1. The predicted molar refractivity (Wildman–Crippen MR) is 75.0 cm³/mol. The van der Waals surface area contributed by atoms with Gasteiger partial charge in [0.1, 0.15) is 0 Å². The lowest BCUT2D eigenvalue weighted by Crippen LogP contribution is -2.20. The molecular weight excluding hydrogens is 230 g/mol. The minimum atomic E-state index is 0.748. The summed E-state index contributed by atoms with van der Waals surface area (Å²) in [5.74, 6) is 0. The minimum Gasteiger partial charge on any atom is -0.399 e. The Morgan fingerprint density at radius 2 is 1.59 bits per heavy atom. The van der Waals surface area contributed by atoms with Crippen molar-refractivity contribution in [3.8, 4) is 0 Å². The predicted octanol–water partition coefficient (Wildman–Crippen LogP) is 2.67. The maximum Gasteiger partial charge on any atom is 0.0489 e. The van der Waals surface area contributed by atoms with Crippen LogP contribution in [0, 0.1) is 0 Å². The minimum absolute atomic E-state index is 0.748. The van der Waals surface area contributed by atoms with E-state index in [0.29, 0.717) is 0 Å². The second-order valence-corrected chi connectivity index (χ2v) is 4.28. The molecule has 2 aromatic carbocycles. The molecule has 2 aromatic rings. The molecular formula is C13H15N3S. The lowest BCUT2D eigenvalue weighted by atomic mass is 10.2. The Labute approximate surface area is 106 Å². The molecule has 0 atom stereocenters. The second kappa shape index (κ2) is 5.61. The van der Waals surface area contributed by atoms with E-state index < -0.39 is 0 Å². The van der Waals surface area contributed by atoms with Crippen molar-refractivity contribution in [1.82, 2.24) is 5.43 Å². The number of nitrogens with two attached hydrogens (primary N) is 1. The first-order valence-corrected chi connectivity index (χ1v) is 5.81.